The van der Waals surface area contributed by atoms with E-state index in [2.05, 4.69) is 5.32 Å². The van der Waals surface area contributed by atoms with Gasteiger partial charge < -0.3 is 24.4 Å². The van der Waals surface area contributed by atoms with Crippen LogP contribution in [-0.2, 0) is 22.6 Å². The van der Waals surface area contributed by atoms with Gasteiger partial charge >= 0.3 is 12.0 Å². The standard InChI is InChI=1S/C20H21FN2O5/c1-2-26-19(24)10-22-20(25)23(11-14-3-6-16(21)7-4-14)12-15-5-8-17-18(9-15)28-13-27-17/h3-9H,2,10-13H2,1H3,(H,22,25). The summed E-state index contributed by atoms with van der Waals surface area (Å²) in [5.74, 6) is 0.408. The fraction of sp³-hybridized carbons (Fsp3) is 0.300. The van der Waals surface area contributed by atoms with Gasteiger partial charge in [0, 0.05) is 13.1 Å². The summed E-state index contributed by atoms with van der Waals surface area (Å²) in [5.41, 5.74) is 1.59. The lowest BCUT2D eigenvalue weighted by Gasteiger charge is -2.23. The van der Waals surface area contributed by atoms with E-state index < -0.39 is 12.0 Å². The molecule has 2 aromatic carbocycles. The summed E-state index contributed by atoms with van der Waals surface area (Å²) in [6, 6.07) is 10.9. The van der Waals surface area contributed by atoms with Crippen LogP contribution < -0.4 is 14.8 Å². The van der Waals surface area contributed by atoms with Crippen LogP contribution in [0.25, 0.3) is 0 Å². The number of nitrogens with zero attached hydrogens (tertiary/aromatic N) is 1. The first-order chi connectivity index (χ1) is 13.5. The number of hydrogen-bond acceptors (Lipinski definition) is 5. The summed E-state index contributed by atoms with van der Waals surface area (Å²) in [5, 5.41) is 2.55. The van der Waals surface area contributed by atoms with E-state index in [0.29, 0.717) is 11.5 Å². The van der Waals surface area contributed by atoms with Gasteiger partial charge in [-0.25, -0.2) is 9.18 Å². The molecule has 0 bridgehead atoms. The van der Waals surface area contributed by atoms with Crippen molar-refractivity contribution in [1.29, 1.82) is 0 Å². The Labute approximate surface area is 162 Å². The second-order valence-electron chi connectivity index (χ2n) is 6.13. The lowest BCUT2D eigenvalue weighted by molar-refractivity contribution is -0.141. The Bertz CT molecular complexity index is 841. The molecule has 148 valence electrons. The summed E-state index contributed by atoms with van der Waals surface area (Å²) in [6.45, 7) is 2.38. The molecule has 0 fully saturated rings. The van der Waals surface area contributed by atoms with Crippen LogP contribution in [0, 0.1) is 5.82 Å². The Kier molecular flexibility index (Phi) is 6.31. The Balaban J connectivity index is 1.72. The number of rotatable bonds is 7. The first-order valence-corrected chi connectivity index (χ1v) is 8.86. The molecule has 1 heterocycles. The fourth-order valence-electron chi connectivity index (χ4n) is 2.74. The SMILES string of the molecule is CCOC(=O)CNC(=O)N(Cc1ccc(F)cc1)Cc1ccc2c(c1)OCO2. The van der Waals surface area contributed by atoms with Crippen molar-refractivity contribution in [3.05, 3.63) is 59.4 Å². The van der Waals surface area contributed by atoms with Gasteiger partial charge in [0.25, 0.3) is 0 Å². The predicted octanol–water partition coefficient (Wildman–Crippen LogP) is 2.83. The molecule has 0 radical (unpaired) electrons. The van der Waals surface area contributed by atoms with Gasteiger partial charge in [-0.15, -0.1) is 0 Å². The summed E-state index contributed by atoms with van der Waals surface area (Å²) < 4.78 is 28.7. The predicted molar refractivity (Wildman–Crippen MR) is 98.2 cm³/mol. The second kappa shape index (κ2) is 9.07. The molecule has 1 N–H and O–H groups in total. The molecule has 0 spiro atoms. The third-order valence-electron chi connectivity index (χ3n) is 4.07. The second-order valence-corrected chi connectivity index (χ2v) is 6.13. The topological polar surface area (TPSA) is 77.1 Å². The number of urea groups is 1. The number of hydrogen-bond donors (Lipinski definition) is 1. The van der Waals surface area contributed by atoms with Crippen LogP contribution in [0.1, 0.15) is 18.1 Å². The van der Waals surface area contributed by atoms with Gasteiger partial charge in [-0.1, -0.05) is 18.2 Å². The van der Waals surface area contributed by atoms with Crippen molar-refractivity contribution in [3.8, 4) is 11.5 Å². The average molecular weight is 388 g/mol. The molecular formula is C20H21FN2O5. The number of amides is 2. The van der Waals surface area contributed by atoms with Gasteiger partial charge in [0.2, 0.25) is 6.79 Å². The highest BCUT2D eigenvalue weighted by Gasteiger charge is 2.19. The monoisotopic (exact) mass is 388 g/mol. The van der Waals surface area contributed by atoms with Crippen molar-refractivity contribution in [2.24, 2.45) is 0 Å². The molecule has 0 aromatic heterocycles. The molecule has 0 saturated heterocycles. The van der Waals surface area contributed by atoms with Crippen molar-refractivity contribution < 1.29 is 28.2 Å². The van der Waals surface area contributed by atoms with E-state index >= 15 is 0 Å². The summed E-state index contributed by atoms with van der Waals surface area (Å²) in [4.78, 5) is 25.7. The van der Waals surface area contributed by atoms with Gasteiger partial charge in [0.15, 0.2) is 11.5 Å². The van der Waals surface area contributed by atoms with Gasteiger partial charge in [0.1, 0.15) is 12.4 Å². The summed E-state index contributed by atoms with van der Waals surface area (Å²) in [7, 11) is 0. The van der Waals surface area contributed by atoms with Crippen LogP contribution in [-0.4, -0.2) is 36.8 Å². The van der Waals surface area contributed by atoms with E-state index in [1.165, 1.54) is 17.0 Å². The number of ether oxygens (including phenoxy) is 3. The van der Waals surface area contributed by atoms with Crippen LogP contribution in [0.3, 0.4) is 0 Å². The molecule has 3 rings (SSSR count). The smallest absolute Gasteiger partial charge is 0.325 e. The lowest BCUT2D eigenvalue weighted by Crippen LogP contribution is -2.41. The third kappa shape index (κ3) is 5.12. The first-order valence-electron chi connectivity index (χ1n) is 8.86. The first kappa shape index (κ1) is 19.5. The van der Waals surface area contributed by atoms with E-state index in [1.807, 2.05) is 6.07 Å². The van der Waals surface area contributed by atoms with E-state index in [1.54, 1.807) is 31.2 Å². The normalized spacial score (nSPS) is 11.8. The largest absolute Gasteiger partial charge is 0.465 e. The van der Waals surface area contributed by atoms with Crippen LogP contribution in [0.4, 0.5) is 9.18 Å². The Morgan fingerprint density at radius 3 is 2.50 bits per heavy atom. The highest BCUT2D eigenvalue weighted by Crippen LogP contribution is 2.32. The molecule has 0 saturated carbocycles. The molecule has 7 nitrogen and oxygen atoms in total. The van der Waals surface area contributed by atoms with Crippen molar-refractivity contribution >= 4 is 12.0 Å². The number of fused-ring (bicyclic) bond motifs is 1. The zero-order chi connectivity index (χ0) is 19.9. The van der Waals surface area contributed by atoms with Crippen LogP contribution in [0.5, 0.6) is 11.5 Å². The zero-order valence-electron chi connectivity index (χ0n) is 15.4. The van der Waals surface area contributed by atoms with E-state index in [4.69, 9.17) is 14.2 Å². The number of esters is 1. The maximum absolute atomic E-state index is 13.2. The number of nitrogens with one attached hydrogen (secondary N) is 1. The minimum atomic E-state index is -0.513. The summed E-state index contributed by atoms with van der Waals surface area (Å²) in [6.07, 6.45) is 0. The number of benzene rings is 2. The minimum Gasteiger partial charge on any atom is -0.465 e. The molecule has 1 aliphatic heterocycles. The Hall–Kier alpha value is -3.29. The lowest BCUT2D eigenvalue weighted by atomic mass is 10.1. The van der Waals surface area contributed by atoms with Crippen molar-refractivity contribution in [3.63, 3.8) is 0 Å². The molecule has 8 heteroatoms. The van der Waals surface area contributed by atoms with E-state index in [9.17, 15) is 14.0 Å². The summed E-state index contributed by atoms with van der Waals surface area (Å²) >= 11 is 0. The van der Waals surface area contributed by atoms with Gasteiger partial charge in [0.05, 0.1) is 6.61 Å². The molecule has 2 aromatic rings. The van der Waals surface area contributed by atoms with Gasteiger partial charge in [-0.3, -0.25) is 4.79 Å². The quantitative estimate of drug-likeness (QED) is 0.738. The minimum absolute atomic E-state index is 0.165. The molecule has 2 amide bonds. The van der Waals surface area contributed by atoms with Crippen LogP contribution in [0.2, 0.25) is 0 Å². The van der Waals surface area contributed by atoms with E-state index in [0.717, 1.165) is 11.1 Å². The van der Waals surface area contributed by atoms with Crippen molar-refractivity contribution in [2.75, 3.05) is 19.9 Å². The molecule has 0 aliphatic carbocycles. The highest BCUT2D eigenvalue weighted by atomic mass is 19.1. The number of carbonyl (C=O) groups is 2. The Morgan fingerprint density at radius 1 is 1.07 bits per heavy atom. The molecular weight excluding hydrogens is 367 g/mol. The molecule has 0 atom stereocenters. The van der Waals surface area contributed by atoms with Crippen molar-refractivity contribution in [1.82, 2.24) is 10.2 Å². The molecule has 0 unspecified atom stereocenters. The Morgan fingerprint density at radius 2 is 1.75 bits per heavy atom. The third-order valence-corrected chi connectivity index (χ3v) is 4.07. The van der Waals surface area contributed by atoms with E-state index in [-0.39, 0.29) is 38.9 Å². The average Bonchev–Trinajstić information content (AvgIpc) is 3.15. The molecule has 28 heavy (non-hydrogen) atoms. The highest BCUT2D eigenvalue weighted by molar-refractivity contribution is 5.80. The van der Waals surface area contributed by atoms with Crippen LogP contribution >= 0.6 is 0 Å². The number of carbonyl (C=O) groups excluding carboxylic acids is 2. The fourth-order valence-corrected chi connectivity index (χ4v) is 2.74. The maximum atomic E-state index is 13.2. The van der Waals surface area contributed by atoms with Gasteiger partial charge in [-0.2, -0.15) is 0 Å². The molecule has 1 aliphatic rings. The van der Waals surface area contributed by atoms with Gasteiger partial charge in [-0.05, 0) is 42.3 Å². The van der Waals surface area contributed by atoms with Crippen LogP contribution in [0.15, 0.2) is 42.5 Å². The zero-order valence-corrected chi connectivity index (χ0v) is 15.4. The maximum Gasteiger partial charge on any atom is 0.325 e. The van der Waals surface area contributed by atoms with Crippen molar-refractivity contribution in [2.45, 2.75) is 20.0 Å². The number of halogens is 1.